The molecule has 2 aromatic rings. The molecule has 78 valence electrons. The van der Waals surface area contributed by atoms with Gasteiger partial charge in [0.1, 0.15) is 0 Å². The Labute approximate surface area is 97.5 Å². The number of rotatable bonds is 3. The van der Waals surface area contributed by atoms with Gasteiger partial charge in [-0.2, -0.15) is 0 Å². The van der Waals surface area contributed by atoms with Crippen molar-refractivity contribution in [1.29, 1.82) is 0 Å². The molecule has 0 amide bonds. The maximum atomic E-state index is 5.62. The lowest BCUT2D eigenvalue weighted by Gasteiger charge is -1.99. The van der Waals surface area contributed by atoms with Crippen molar-refractivity contribution in [3.63, 3.8) is 0 Å². The van der Waals surface area contributed by atoms with Crippen LogP contribution in [-0.4, -0.2) is 4.98 Å². The van der Waals surface area contributed by atoms with E-state index in [1.54, 1.807) is 11.3 Å². The molecule has 0 bridgehead atoms. The van der Waals surface area contributed by atoms with Gasteiger partial charge in [-0.1, -0.05) is 0 Å². The average molecular weight is 236 g/mol. The molecular weight excluding hydrogens is 224 g/mol. The Bertz CT molecular complexity index is 434. The standard InChI is InChI=1S/C11H12N2S2/c1-8-13-6-11(15-8)7-14-10-4-2-9(12)3-5-10/h2-6H,7,12H2,1H3. The van der Waals surface area contributed by atoms with Crippen LogP contribution in [0.3, 0.4) is 0 Å². The van der Waals surface area contributed by atoms with E-state index in [1.807, 2.05) is 49.1 Å². The first-order chi connectivity index (χ1) is 7.24. The molecule has 15 heavy (non-hydrogen) atoms. The molecule has 2 N–H and O–H groups in total. The summed E-state index contributed by atoms with van der Waals surface area (Å²) in [5, 5.41) is 1.13. The molecule has 0 unspecified atom stereocenters. The summed E-state index contributed by atoms with van der Waals surface area (Å²) in [5.74, 6) is 0.982. The fourth-order valence-corrected chi connectivity index (χ4v) is 2.91. The van der Waals surface area contributed by atoms with Gasteiger partial charge in [0.25, 0.3) is 0 Å². The third-order valence-electron chi connectivity index (χ3n) is 1.93. The van der Waals surface area contributed by atoms with Crippen LogP contribution in [0.25, 0.3) is 0 Å². The largest absolute Gasteiger partial charge is 0.399 e. The van der Waals surface area contributed by atoms with E-state index in [0.29, 0.717) is 0 Å². The number of aromatic nitrogens is 1. The number of hydrogen-bond donors (Lipinski definition) is 1. The zero-order valence-electron chi connectivity index (χ0n) is 8.43. The number of nitrogen functional groups attached to an aromatic ring is 1. The lowest BCUT2D eigenvalue weighted by atomic mass is 10.3. The second kappa shape index (κ2) is 4.68. The number of aryl methyl sites for hydroxylation is 1. The molecule has 0 saturated heterocycles. The van der Waals surface area contributed by atoms with E-state index >= 15 is 0 Å². The minimum absolute atomic E-state index is 0.813. The lowest BCUT2D eigenvalue weighted by Crippen LogP contribution is -1.82. The van der Waals surface area contributed by atoms with Gasteiger partial charge in [0.2, 0.25) is 0 Å². The van der Waals surface area contributed by atoms with Crippen molar-refractivity contribution in [2.45, 2.75) is 17.6 Å². The first-order valence-corrected chi connectivity index (χ1v) is 6.44. The summed E-state index contributed by atoms with van der Waals surface area (Å²) in [6.07, 6.45) is 1.95. The minimum Gasteiger partial charge on any atom is -0.399 e. The van der Waals surface area contributed by atoms with Crippen molar-refractivity contribution in [2.24, 2.45) is 0 Å². The molecule has 0 aliphatic heterocycles. The number of hydrogen-bond acceptors (Lipinski definition) is 4. The molecule has 0 radical (unpaired) electrons. The van der Waals surface area contributed by atoms with Gasteiger partial charge >= 0.3 is 0 Å². The van der Waals surface area contributed by atoms with Gasteiger partial charge < -0.3 is 5.73 Å². The molecule has 0 aliphatic carbocycles. The number of thioether (sulfide) groups is 1. The Morgan fingerprint density at radius 2 is 2.07 bits per heavy atom. The SMILES string of the molecule is Cc1ncc(CSc2ccc(N)cc2)s1. The molecule has 1 aromatic heterocycles. The summed E-state index contributed by atoms with van der Waals surface area (Å²) in [5.41, 5.74) is 6.43. The minimum atomic E-state index is 0.813. The van der Waals surface area contributed by atoms with Gasteiger partial charge in [-0.15, -0.1) is 23.1 Å². The zero-order valence-corrected chi connectivity index (χ0v) is 10.1. The third-order valence-corrected chi connectivity index (χ3v) is 4.09. The number of benzene rings is 1. The molecule has 1 aromatic carbocycles. The predicted octanol–water partition coefficient (Wildman–Crippen LogP) is 3.33. The molecule has 4 heteroatoms. The van der Waals surface area contributed by atoms with E-state index in [9.17, 15) is 0 Å². The van der Waals surface area contributed by atoms with Crippen LogP contribution in [0.4, 0.5) is 5.69 Å². The van der Waals surface area contributed by atoms with Crippen LogP contribution >= 0.6 is 23.1 Å². The lowest BCUT2D eigenvalue weighted by molar-refractivity contribution is 1.28. The monoisotopic (exact) mass is 236 g/mol. The molecule has 0 spiro atoms. The van der Waals surface area contributed by atoms with Crippen LogP contribution in [0.15, 0.2) is 35.4 Å². The van der Waals surface area contributed by atoms with Crippen LogP contribution in [0, 0.1) is 6.92 Å². The van der Waals surface area contributed by atoms with E-state index in [-0.39, 0.29) is 0 Å². The van der Waals surface area contributed by atoms with Crippen molar-refractivity contribution in [3.05, 3.63) is 40.3 Å². The maximum Gasteiger partial charge on any atom is 0.0897 e. The van der Waals surface area contributed by atoms with Gasteiger partial charge in [-0.05, 0) is 31.2 Å². The van der Waals surface area contributed by atoms with Gasteiger partial charge in [0.15, 0.2) is 0 Å². The Morgan fingerprint density at radius 3 is 2.67 bits per heavy atom. The predicted molar refractivity (Wildman–Crippen MR) is 67.3 cm³/mol. The van der Waals surface area contributed by atoms with Crippen molar-refractivity contribution in [1.82, 2.24) is 4.98 Å². The summed E-state index contributed by atoms with van der Waals surface area (Å²) < 4.78 is 0. The van der Waals surface area contributed by atoms with Crippen LogP contribution in [-0.2, 0) is 5.75 Å². The van der Waals surface area contributed by atoms with Crippen molar-refractivity contribution >= 4 is 28.8 Å². The summed E-state index contributed by atoms with van der Waals surface area (Å²) in [4.78, 5) is 6.79. The van der Waals surface area contributed by atoms with Crippen molar-refractivity contribution in [2.75, 3.05) is 5.73 Å². The summed E-state index contributed by atoms with van der Waals surface area (Å²) in [7, 11) is 0. The third kappa shape index (κ3) is 2.97. The molecule has 1 heterocycles. The second-order valence-electron chi connectivity index (χ2n) is 3.20. The molecular formula is C11H12N2S2. The Kier molecular flexibility index (Phi) is 3.28. The second-order valence-corrected chi connectivity index (χ2v) is 5.57. The van der Waals surface area contributed by atoms with Crippen molar-refractivity contribution < 1.29 is 0 Å². The van der Waals surface area contributed by atoms with E-state index in [0.717, 1.165) is 16.4 Å². The molecule has 0 saturated carbocycles. The fraction of sp³-hybridized carbons (Fsp3) is 0.182. The van der Waals surface area contributed by atoms with E-state index in [1.165, 1.54) is 9.77 Å². The summed E-state index contributed by atoms with van der Waals surface area (Å²) in [6.45, 7) is 2.03. The van der Waals surface area contributed by atoms with Crippen LogP contribution in [0.1, 0.15) is 9.88 Å². The smallest absolute Gasteiger partial charge is 0.0897 e. The molecule has 2 nitrogen and oxygen atoms in total. The van der Waals surface area contributed by atoms with Crippen LogP contribution in [0.5, 0.6) is 0 Å². The molecule has 2 rings (SSSR count). The number of nitrogens with zero attached hydrogens (tertiary/aromatic N) is 1. The highest BCUT2D eigenvalue weighted by molar-refractivity contribution is 7.98. The molecule has 0 aliphatic rings. The maximum absolute atomic E-state index is 5.62. The molecule has 0 fully saturated rings. The summed E-state index contributed by atoms with van der Waals surface area (Å²) >= 11 is 3.56. The number of thiazole rings is 1. The van der Waals surface area contributed by atoms with E-state index < -0.39 is 0 Å². The summed E-state index contributed by atoms with van der Waals surface area (Å²) in [6, 6.07) is 7.96. The number of nitrogens with two attached hydrogens (primary N) is 1. The van der Waals surface area contributed by atoms with Gasteiger partial charge in [-0.3, -0.25) is 0 Å². The Hall–Kier alpha value is -1.00. The highest BCUT2D eigenvalue weighted by atomic mass is 32.2. The van der Waals surface area contributed by atoms with Crippen LogP contribution in [0.2, 0.25) is 0 Å². The zero-order chi connectivity index (χ0) is 10.7. The first kappa shape index (κ1) is 10.5. The van der Waals surface area contributed by atoms with Gasteiger partial charge in [0.05, 0.1) is 5.01 Å². The average Bonchev–Trinajstić information content (AvgIpc) is 2.64. The Morgan fingerprint density at radius 1 is 1.33 bits per heavy atom. The number of anilines is 1. The highest BCUT2D eigenvalue weighted by Gasteiger charge is 1.99. The van der Waals surface area contributed by atoms with Crippen molar-refractivity contribution in [3.8, 4) is 0 Å². The van der Waals surface area contributed by atoms with Gasteiger partial charge in [0, 0.05) is 27.4 Å². The van der Waals surface area contributed by atoms with E-state index in [4.69, 9.17) is 5.73 Å². The molecule has 0 atom stereocenters. The Balaban J connectivity index is 1.96. The topological polar surface area (TPSA) is 38.9 Å². The van der Waals surface area contributed by atoms with Gasteiger partial charge in [-0.25, -0.2) is 4.98 Å². The normalized spacial score (nSPS) is 10.5. The highest BCUT2D eigenvalue weighted by Crippen LogP contribution is 2.25. The quantitative estimate of drug-likeness (QED) is 0.656. The van der Waals surface area contributed by atoms with Crippen LogP contribution < -0.4 is 5.73 Å². The fourth-order valence-electron chi connectivity index (χ4n) is 1.19. The van der Waals surface area contributed by atoms with E-state index in [2.05, 4.69) is 4.98 Å². The first-order valence-electron chi connectivity index (χ1n) is 4.64.